The van der Waals surface area contributed by atoms with E-state index in [2.05, 4.69) is 26.1 Å². The molecule has 0 aromatic heterocycles. The molecule has 32 heavy (non-hydrogen) atoms. The Bertz CT molecular complexity index is 904. The third-order valence-corrected chi connectivity index (χ3v) is 8.11. The van der Waals surface area contributed by atoms with Gasteiger partial charge in [-0.05, 0) is 55.1 Å². The second-order valence-corrected chi connectivity index (χ2v) is 10.1. The molecule has 5 rings (SSSR count). The van der Waals surface area contributed by atoms with Crippen molar-refractivity contribution >= 4 is 19.0 Å². The number of rotatable bonds is 7. The fourth-order valence-electron chi connectivity index (χ4n) is 6.09. The van der Waals surface area contributed by atoms with Crippen LogP contribution in [0.4, 0.5) is 0 Å². The molecule has 2 bridgehead atoms. The van der Waals surface area contributed by atoms with Gasteiger partial charge in [-0.1, -0.05) is 32.9 Å². The summed E-state index contributed by atoms with van der Waals surface area (Å²) in [6.45, 7) is 8.63. The number of nitrogens with one attached hydrogen (secondary N) is 1. The highest BCUT2D eigenvalue weighted by molar-refractivity contribution is 6.48. The smallest absolute Gasteiger partial charge is 0.482 e. The van der Waals surface area contributed by atoms with Crippen molar-refractivity contribution < 1.29 is 28.4 Å². The molecule has 1 aromatic carbocycles. The van der Waals surface area contributed by atoms with Crippen LogP contribution < -0.4 is 10.1 Å². The van der Waals surface area contributed by atoms with Crippen LogP contribution in [0.25, 0.3) is 0 Å². The van der Waals surface area contributed by atoms with Gasteiger partial charge in [-0.2, -0.15) is 0 Å². The highest BCUT2D eigenvalue weighted by atomic mass is 16.7. The number of esters is 1. The average molecular weight is 443 g/mol. The number of carbonyl (C=O) groups excluding carboxylic acids is 2. The Morgan fingerprint density at radius 1 is 1.25 bits per heavy atom. The number of methoxy groups -OCH3 is 2. The SMILES string of the molecule is CCC(=O)NC(Cc1cccc(C(=O)OC)c1OC)B1OC2CC3CC(C3(C)C)C2(C)O1. The molecule has 1 amide bonds. The van der Waals surface area contributed by atoms with E-state index in [1.807, 2.05) is 13.0 Å². The second kappa shape index (κ2) is 8.38. The highest BCUT2D eigenvalue weighted by Gasteiger charge is 2.68. The van der Waals surface area contributed by atoms with E-state index in [0.29, 0.717) is 36.0 Å². The quantitative estimate of drug-likeness (QED) is 0.515. The molecular formula is C24H34BNO6. The van der Waals surface area contributed by atoms with Crippen molar-refractivity contribution in [2.45, 2.75) is 71.0 Å². The molecule has 1 N–H and O–H groups in total. The molecule has 7 nitrogen and oxygen atoms in total. The third kappa shape index (κ3) is 3.61. The molecule has 1 aliphatic heterocycles. The van der Waals surface area contributed by atoms with Gasteiger partial charge >= 0.3 is 13.1 Å². The molecule has 174 valence electrons. The Kier molecular flexibility index (Phi) is 6.05. The van der Waals surface area contributed by atoms with E-state index in [1.54, 1.807) is 12.1 Å². The average Bonchev–Trinajstić information content (AvgIpc) is 3.14. The molecule has 8 heteroatoms. The molecule has 4 fully saturated rings. The molecule has 3 saturated carbocycles. The fraction of sp³-hybridized carbons (Fsp3) is 0.667. The largest absolute Gasteiger partial charge is 0.496 e. The highest BCUT2D eigenvalue weighted by Crippen LogP contribution is 2.65. The summed E-state index contributed by atoms with van der Waals surface area (Å²) in [5.74, 6) is 0.575. The summed E-state index contributed by atoms with van der Waals surface area (Å²) in [6, 6.07) is 5.35. The normalized spacial score (nSPS) is 30.7. The monoisotopic (exact) mass is 443 g/mol. The fourth-order valence-corrected chi connectivity index (χ4v) is 6.09. The van der Waals surface area contributed by atoms with Crippen molar-refractivity contribution in [2.75, 3.05) is 14.2 Å². The maximum absolute atomic E-state index is 12.4. The lowest BCUT2D eigenvalue weighted by molar-refractivity contribution is -0.199. The lowest BCUT2D eigenvalue weighted by Gasteiger charge is -2.64. The number of hydrogen-bond donors (Lipinski definition) is 1. The van der Waals surface area contributed by atoms with Gasteiger partial charge in [-0.25, -0.2) is 4.79 Å². The van der Waals surface area contributed by atoms with E-state index in [-0.39, 0.29) is 23.0 Å². The maximum Gasteiger partial charge on any atom is 0.482 e. The van der Waals surface area contributed by atoms with E-state index in [9.17, 15) is 9.59 Å². The van der Waals surface area contributed by atoms with Crippen LogP contribution in [0.1, 0.15) is 62.9 Å². The van der Waals surface area contributed by atoms with Gasteiger partial charge in [0, 0.05) is 6.42 Å². The molecule has 5 atom stereocenters. The summed E-state index contributed by atoms with van der Waals surface area (Å²) < 4.78 is 23.5. The first kappa shape index (κ1) is 23.1. The summed E-state index contributed by atoms with van der Waals surface area (Å²) in [5, 5.41) is 3.09. The molecule has 1 saturated heterocycles. The zero-order valence-corrected chi connectivity index (χ0v) is 19.9. The van der Waals surface area contributed by atoms with E-state index < -0.39 is 19.0 Å². The van der Waals surface area contributed by atoms with Crippen LogP contribution in [-0.2, 0) is 25.3 Å². The zero-order chi connectivity index (χ0) is 23.3. The number of amides is 1. The molecule has 1 heterocycles. The van der Waals surface area contributed by atoms with Crippen LogP contribution in [0.15, 0.2) is 18.2 Å². The van der Waals surface area contributed by atoms with Gasteiger partial charge in [0.15, 0.2) is 0 Å². The number of para-hydroxylation sites is 1. The van der Waals surface area contributed by atoms with Crippen molar-refractivity contribution in [1.82, 2.24) is 5.32 Å². The number of carbonyl (C=O) groups is 2. The van der Waals surface area contributed by atoms with Gasteiger partial charge in [0.05, 0.1) is 31.9 Å². The predicted molar refractivity (Wildman–Crippen MR) is 120 cm³/mol. The van der Waals surface area contributed by atoms with Gasteiger partial charge < -0.3 is 24.1 Å². The van der Waals surface area contributed by atoms with Gasteiger partial charge in [0.1, 0.15) is 11.3 Å². The van der Waals surface area contributed by atoms with Crippen LogP contribution in [0.2, 0.25) is 0 Å². The Balaban J connectivity index is 1.61. The van der Waals surface area contributed by atoms with Crippen LogP contribution in [0.5, 0.6) is 5.75 Å². The summed E-state index contributed by atoms with van der Waals surface area (Å²) >= 11 is 0. The van der Waals surface area contributed by atoms with Gasteiger partial charge in [-0.3, -0.25) is 4.79 Å². The number of benzene rings is 1. The van der Waals surface area contributed by atoms with Crippen LogP contribution in [0.3, 0.4) is 0 Å². The summed E-state index contributed by atoms with van der Waals surface area (Å²) in [4.78, 5) is 24.6. The number of hydrogen-bond acceptors (Lipinski definition) is 6. The van der Waals surface area contributed by atoms with Gasteiger partial charge in [0.2, 0.25) is 5.91 Å². The molecule has 3 aliphatic carbocycles. The molecular weight excluding hydrogens is 409 g/mol. The molecule has 5 unspecified atom stereocenters. The van der Waals surface area contributed by atoms with Crippen LogP contribution >= 0.6 is 0 Å². The summed E-state index contributed by atoms with van der Waals surface area (Å²) in [5.41, 5.74) is 1.01. The molecule has 0 radical (unpaired) electrons. The Labute approximate surface area is 190 Å². The Hall–Kier alpha value is -2.06. The van der Waals surface area contributed by atoms with Gasteiger partial charge in [0.25, 0.3) is 0 Å². The maximum atomic E-state index is 12.4. The summed E-state index contributed by atoms with van der Waals surface area (Å²) in [7, 11) is 2.30. The Morgan fingerprint density at radius 3 is 2.62 bits per heavy atom. The minimum atomic E-state index is -0.567. The van der Waals surface area contributed by atoms with E-state index in [1.165, 1.54) is 14.2 Å². The lowest BCUT2D eigenvalue weighted by Crippen LogP contribution is -2.65. The molecule has 1 aromatic rings. The minimum Gasteiger partial charge on any atom is -0.496 e. The lowest BCUT2D eigenvalue weighted by atomic mass is 9.43. The van der Waals surface area contributed by atoms with E-state index in [0.717, 1.165) is 18.4 Å². The van der Waals surface area contributed by atoms with Crippen molar-refractivity contribution in [3.8, 4) is 5.75 Å². The standard InChI is InChI=1S/C24H34BNO6/c1-7-20(27)26-19(11-14-9-8-10-16(21(14)29-5)22(28)30-6)25-31-18-13-15-12-17(23(15,2)3)24(18,4)32-25/h8-10,15,17-19H,7,11-13H2,1-6H3,(H,26,27). The van der Waals surface area contributed by atoms with Crippen molar-refractivity contribution in [3.05, 3.63) is 29.3 Å². The van der Waals surface area contributed by atoms with Crippen molar-refractivity contribution in [2.24, 2.45) is 17.3 Å². The topological polar surface area (TPSA) is 83.1 Å². The Morgan fingerprint density at radius 2 is 2.00 bits per heavy atom. The molecule has 0 spiro atoms. The van der Waals surface area contributed by atoms with E-state index >= 15 is 0 Å². The first-order valence-corrected chi connectivity index (χ1v) is 11.5. The second-order valence-electron chi connectivity index (χ2n) is 10.1. The third-order valence-electron chi connectivity index (χ3n) is 8.11. The van der Waals surface area contributed by atoms with Crippen molar-refractivity contribution in [1.29, 1.82) is 0 Å². The van der Waals surface area contributed by atoms with E-state index in [4.69, 9.17) is 18.8 Å². The van der Waals surface area contributed by atoms with Crippen LogP contribution in [0, 0.1) is 17.3 Å². The minimum absolute atomic E-state index is 0.0219. The first-order valence-electron chi connectivity index (χ1n) is 11.5. The zero-order valence-electron chi connectivity index (χ0n) is 19.9. The molecule has 4 aliphatic rings. The summed E-state index contributed by atoms with van der Waals surface area (Å²) in [6.07, 6.45) is 2.93. The predicted octanol–water partition coefficient (Wildman–Crippen LogP) is 3.19. The first-order chi connectivity index (χ1) is 15.1. The number of ether oxygens (including phenoxy) is 2. The van der Waals surface area contributed by atoms with Gasteiger partial charge in [-0.15, -0.1) is 0 Å². The van der Waals surface area contributed by atoms with Crippen LogP contribution in [-0.4, -0.2) is 50.9 Å². The van der Waals surface area contributed by atoms with Crippen molar-refractivity contribution in [3.63, 3.8) is 0 Å².